The van der Waals surface area contributed by atoms with E-state index in [2.05, 4.69) is 0 Å². The molecule has 0 amide bonds. The number of rotatable bonds is 5. The lowest BCUT2D eigenvalue weighted by molar-refractivity contribution is 0.0292. The van der Waals surface area contributed by atoms with Crippen LogP contribution < -0.4 is 0 Å². The third-order valence-electron chi connectivity index (χ3n) is 4.99. The van der Waals surface area contributed by atoms with Gasteiger partial charge >= 0.3 is 0 Å². The fraction of sp³-hybridized carbons (Fsp3) is 0.625. The quantitative estimate of drug-likeness (QED) is 0.808. The third-order valence-corrected chi connectivity index (χ3v) is 7.90. The molecule has 0 bridgehead atoms. The van der Waals surface area contributed by atoms with Crippen LogP contribution in [0.1, 0.15) is 18.9 Å². The first kappa shape index (κ1) is 17.1. The molecule has 0 saturated carbocycles. The summed E-state index contributed by atoms with van der Waals surface area (Å²) in [6.07, 6.45) is 0.672. The summed E-state index contributed by atoms with van der Waals surface area (Å²) in [5, 5.41) is 0.101. The van der Waals surface area contributed by atoms with E-state index < -0.39 is 20.4 Å². The third kappa shape index (κ3) is 3.02. The van der Waals surface area contributed by atoms with Gasteiger partial charge in [0, 0.05) is 32.2 Å². The number of likely N-dealkylation sites (tertiary alicyclic amines) is 1. The van der Waals surface area contributed by atoms with Crippen LogP contribution >= 0.6 is 11.6 Å². The van der Waals surface area contributed by atoms with Crippen molar-refractivity contribution in [1.29, 1.82) is 0 Å². The lowest BCUT2D eigenvalue weighted by Gasteiger charge is -2.50. The highest BCUT2D eigenvalue weighted by molar-refractivity contribution is 7.93. The first-order valence-electron chi connectivity index (χ1n) is 7.84. The first-order valence-corrected chi connectivity index (χ1v) is 9.87. The largest absolute Gasteiger partial charge is 0.381 e. The summed E-state index contributed by atoms with van der Waals surface area (Å²) >= 11 is 5.69. The minimum Gasteiger partial charge on any atom is -0.381 e. The second-order valence-electron chi connectivity index (χ2n) is 6.42. The molecule has 0 radical (unpaired) electrons. The summed E-state index contributed by atoms with van der Waals surface area (Å²) in [4.78, 5) is 2.05. The molecule has 7 heteroatoms. The molecule has 128 valence electrons. The molecule has 0 aliphatic carbocycles. The number of ether oxygens (including phenoxy) is 1. The second-order valence-corrected chi connectivity index (χ2v) is 9.28. The van der Waals surface area contributed by atoms with Crippen LogP contribution in [0.4, 0.5) is 4.39 Å². The maximum Gasteiger partial charge on any atom is 0.158 e. The first-order chi connectivity index (χ1) is 10.9. The van der Waals surface area contributed by atoms with Gasteiger partial charge in [-0.3, -0.25) is 4.90 Å². The van der Waals surface area contributed by atoms with Gasteiger partial charge in [-0.15, -0.1) is 0 Å². The van der Waals surface area contributed by atoms with Gasteiger partial charge in [0.15, 0.2) is 9.84 Å². The standard InChI is InChI=1S/C16H21ClFNO3S/c1-2-22-9-13-5-6-23(20,21)16(13)10-19(11-16)8-12-3-4-14(17)15(18)7-12/h3-4,7,13H,2,5-6,8-11H2,1H3/t13-/m0/s1. The lowest BCUT2D eigenvalue weighted by Crippen LogP contribution is -2.67. The Balaban J connectivity index is 1.68. The zero-order chi connectivity index (χ0) is 16.7. The molecular formula is C16H21ClFNO3S. The fourth-order valence-electron chi connectivity index (χ4n) is 3.69. The van der Waals surface area contributed by atoms with Gasteiger partial charge in [-0.2, -0.15) is 0 Å². The highest BCUT2D eigenvalue weighted by Gasteiger charge is 2.61. The summed E-state index contributed by atoms with van der Waals surface area (Å²) in [5.41, 5.74) is 0.804. The van der Waals surface area contributed by atoms with E-state index in [0.29, 0.717) is 39.3 Å². The molecule has 2 fully saturated rings. The number of hydrogen-bond acceptors (Lipinski definition) is 4. The van der Waals surface area contributed by atoms with Crippen LogP contribution in [0.3, 0.4) is 0 Å². The summed E-state index contributed by atoms with van der Waals surface area (Å²) in [6.45, 7) is 4.54. The van der Waals surface area contributed by atoms with Crippen molar-refractivity contribution in [3.05, 3.63) is 34.6 Å². The lowest BCUT2D eigenvalue weighted by atomic mass is 9.83. The highest BCUT2D eigenvalue weighted by Crippen LogP contribution is 2.45. The van der Waals surface area contributed by atoms with Gasteiger partial charge in [0.2, 0.25) is 0 Å². The molecule has 2 saturated heterocycles. The number of nitrogens with zero attached hydrogens (tertiary/aromatic N) is 1. The van der Waals surface area contributed by atoms with Crippen LogP contribution in [0, 0.1) is 11.7 Å². The number of hydrogen-bond donors (Lipinski definition) is 0. The van der Waals surface area contributed by atoms with E-state index in [1.165, 1.54) is 12.1 Å². The second kappa shape index (κ2) is 6.31. The summed E-state index contributed by atoms with van der Waals surface area (Å²) < 4.78 is 43.3. The van der Waals surface area contributed by atoms with Gasteiger partial charge in [0.05, 0.1) is 17.4 Å². The summed E-state index contributed by atoms with van der Waals surface area (Å²) in [6, 6.07) is 4.72. The molecule has 4 nitrogen and oxygen atoms in total. The van der Waals surface area contributed by atoms with Crippen LogP contribution in [0.25, 0.3) is 0 Å². The SMILES string of the molecule is CCOC[C@@H]1CCS(=O)(=O)C12CN(Cc1ccc(Cl)c(F)c1)C2. The van der Waals surface area contributed by atoms with Crippen LogP contribution in [-0.4, -0.2) is 50.1 Å². The molecule has 0 aromatic heterocycles. The molecule has 23 heavy (non-hydrogen) atoms. The average Bonchev–Trinajstić information content (AvgIpc) is 2.72. The molecule has 1 aromatic rings. The molecular weight excluding hydrogens is 341 g/mol. The van der Waals surface area contributed by atoms with Crippen LogP contribution in [-0.2, 0) is 21.1 Å². The molecule has 1 aromatic carbocycles. The molecule has 0 N–H and O–H groups in total. The van der Waals surface area contributed by atoms with E-state index in [-0.39, 0.29) is 16.7 Å². The van der Waals surface area contributed by atoms with Crippen molar-refractivity contribution in [3.8, 4) is 0 Å². The van der Waals surface area contributed by atoms with E-state index in [1.807, 2.05) is 11.8 Å². The Kier molecular flexibility index (Phi) is 4.71. The van der Waals surface area contributed by atoms with E-state index >= 15 is 0 Å². The summed E-state index contributed by atoms with van der Waals surface area (Å²) in [5.74, 6) is -0.137. The maximum absolute atomic E-state index is 13.5. The van der Waals surface area contributed by atoms with Gasteiger partial charge in [-0.25, -0.2) is 12.8 Å². The van der Waals surface area contributed by atoms with E-state index in [4.69, 9.17) is 16.3 Å². The van der Waals surface area contributed by atoms with Gasteiger partial charge in [-0.05, 0) is 31.0 Å². The van der Waals surface area contributed by atoms with Crippen LogP contribution in [0.5, 0.6) is 0 Å². The van der Waals surface area contributed by atoms with Crippen molar-refractivity contribution in [3.63, 3.8) is 0 Å². The summed E-state index contributed by atoms with van der Waals surface area (Å²) in [7, 11) is -3.09. The van der Waals surface area contributed by atoms with Crippen molar-refractivity contribution >= 4 is 21.4 Å². The highest BCUT2D eigenvalue weighted by atomic mass is 35.5. The van der Waals surface area contributed by atoms with Crippen LogP contribution in [0.2, 0.25) is 5.02 Å². The molecule has 2 aliphatic rings. The topological polar surface area (TPSA) is 46.6 Å². The molecule has 2 aliphatic heterocycles. The normalized spacial score (nSPS) is 25.6. The van der Waals surface area contributed by atoms with Crippen molar-refractivity contribution < 1.29 is 17.5 Å². The Morgan fingerprint density at radius 2 is 2.17 bits per heavy atom. The number of sulfone groups is 1. The van der Waals surface area contributed by atoms with Crippen molar-refractivity contribution in [2.75, 3.05) is 32.1 Å². The average molecular weight is 362 g/mol. The maximum atomic E-state index is 13.5. The minimum atomic E-state index is -3.09. The van der Waals surface area contributed by atoms with Crippen molar-refractivity contribution in [2.24, 2.45) is 5.92 Å². The predicted molar refractivity (Wildman–Crippen MR) is 87.8 cm³/mol. The number of halogens is 2. The Hall–Kier alpha value is -0.690. The zero-order valence-electron chi connectivity index (χ0n) is 13.1. The van der Waals surface area contributed by atoms with E-state index in [0.717, 1.165) is 5.56 Å². The zero-order valence-corrected chi connectivity index (χ0v) is 14.7. The smallest absolute Gasteiger partial charge is 0.158 e. The number of benzene rings is 1. The minimum absolute atomic E-state index is 0.0608. The fourth-order valence-corrected chi connectivity index (χ4v) is 6.26. The van der Waals surface area contributed by atoms with E-state index in [9.17, 15) is 12.8 Å². The monoisotopic (exact) mass is 361 g/mol. The Morgan fingerprint density at radius 3 is 2.83 bits per heavy atom. The van der Waals surface area contributed by atoms with Gasteiger partial charge in [0.1, 0.15) is 10.6 Å². The Morgan fingerprint density at radius 1 is 1.43 bits per heavy atom. The predicted octanol–water partition coefficient (Wildman–Crippen LogP) is 2.50. The van der Waals surface area contributed by atoms with Gasteiger partial charge < -0.3 is 4.74 Å². The van der Waals surface area contributed by atoms with Crippen molar-refractivity contribution in [2.45, 2.75) is 24.6 Å². The molecule has 0 unspecified atom stereocenters. The molecule has 3 rings (SSSR count). The molecule has 1 atom stereocenters. The Labute approximate surface area is 141 Å². The Bertz CT molecular complexity index is 689. The van der Waals surface area contributed by atoms with Gasteiger partial charge in [0.25, 0.3) is 0 Å². The van der Waals surface area contributed by atoms with Gasteiger partial charge in [-0.1, -0.05) is 17.7 Å². The molecule has 2 heterocycles. The van der Waals surface area contributed by atoms with Crippen LogP contribution in [0.15, 0.2) is 18.2 Å². The van der Waals surface area contributed by atoms with Crippen molar-refractivity contribution in [1.82, 2.24) is 4.90 Å². The molecule has 1 spiro atoms. The van der Waals surface area contributed by atoms with E-state index in [1.54, 1.807) is 6.07 Å².